The molecule has 1 rings (SSSR count). The van der Waals surface area contributed by atoms with Gasteiger partial charge in [0.15, 0.2) is 0 Å². The largest absolute Gasteiger partial charge is 0.333 e. The van der Waals surface area contributed by atoms with Gasteiger partial charge >= 0.3 is 0 Å². The Labute approximate surface area is 42.2 Å². The predicted molar refractivity (Wildman–Crippen MR) is 22.7 cm³/mol. The van der Waals surface area contributed by atoms with Gasteiger partial charge in [-0.1, -0.05) is 0 Å². The van der Waals surface area contributed by atoms with Crippen molar-refractivity contribution in [2.24, 2.45) is 0 Å². The molecule has 0 aromatic rings. The molecule has 0 radical (unpaired) electrons. The van der Waals surface area contributed by atoms with Crippen molar-refractivity contribution in [2.75, 3.05) is 20.3 Å². The molecule has 0 saturated carbocycles. The lowest BCUT2D eigenvalue weighted by molar-refractivity contribution is -0.214. The molecule has 3 nitrogen and oxygen atoms in total. The van der Waals surface area contributed by atoms with Crippen molar-refractivity contribution in [1.29, 1.82) is 0 Å². The van der Waals surface area contributed by atoms with Crippen LogP contribution in [0.2, 0.25) is 0 Å². The summed E-state index contributed by atoms with van der Waals surface area (Å²) in [4.78, 5) is 0. The molecule has 1 aliphatic heterocycles. The van der Waals surface area contributed by atoms with Gasteiger partial charge in [-0.3, -0.25) is 0 Å². The molecule has 1 fully saturated rings. The van der Waals surface area contributed by atoms with E-state index in [0.29, 0.717) is 13.2 Å². The van der Waals surface area contributed by atoms with Crippen LogP contribution in [0, 0.1) is 0 Å². The number of hydrogen-bond acceptors (Lipinski definition) is 3. The fraction of sp³-hybridized carbons (Fsp3) is 1.00. The summed E-state index contributed by atoms with van der Waals surface area (Å²) < 4.78 is 14.4. The summed E-state index contributed by atoms with van der Waals surface area (Å²) in [6, 6.07) is 0. The maximum Gasteiger partial charge on any atom is 0.271 e. The Hall–Kier alpha value is -0.120. The summed E-state index contributed by atoms with van der Waals surface area (Å²) >= 11 is 0. The first-order valence-electron chi connectivity index (χ1n) is 2.19. The second-order valence-corrected chi connectivity index (χ2v) is 1.27. The number of methoxy groups -OCH3 is 1. The van der Waals surface area contributed by atoms with E-state index in [0.717, 1.165) is 0 Å². The van der Waals surface area contributed by atoms with E-state index in [1.54, 1.807) is 7.11 Å². The molecule has 42 valence electrons. The number of rotatable bonds is 1. The second-order valence-electron chi connectivity index (χ2n) is 1.27. The Morgan fingerprint density at radius 3 is 2.29 bits per heavy atom. The van der Waals surface area contributed by atoms with E-state index in [4.69, 9.17) is 9.47 Å². The van der Waals surface area contributed by atoms with Crippen LogP contribution in [0.5, 0.6) is 0 Å². The van der Waals surface area contributed by atoms with Gasteiger partial charge in [-0.05, 0) is 0 Å². The monoisotopic (exact) mass is 104 g/mol. The van der Waals surface area contributed by atoms with E-state index in [9.17, 15) is 0 Å². The number of ether oxygens (including phenoxy) is 3. The highest BCUT2D eigenvalue weighted by atomic mass is 16.9. The fourth-order valence-corrected chi connectivity index (χ4v) is 0.473. The van der Waals surface area contributed by atoms with Crippen LogP contribution in [0.4, 0.5) is 0 Å². The second kappa shape index (κ2) is 2.26. The maximum absolute atomic E-state index is 4.86. The lowest BCUT2D eigenvalue weighted by Gasteiger charge is -2.02. The van der Waals surface area contributed by atoms with Crippen molar-refractivity contribution in [3.05, 3.63) is 0 Å². The summed E-state index contributed by atoms with van der Waals surface area (Å²) in [6.45, 7) is 0.900. The lowest BCUT2D eigenvalue weighted by atomic mass is 10.8. The minimum atomic E-state index is -0.403. The third-order valence-electron chi connectivity index (χ3n) is 0.784. The minimum Gasteiger partial charge on any atom is -0.333 e. The van der Waals surface area contributed by atoms with E-state index in [-0.39, 0.29) is 0 Å². The highest BCUT2D eigenvalue weighted by Crippen LogP contribution is 2.01. The first-order valence-corrected chi connectivity index (χ1v) is 2.19. The van der Waals surface area contributed by atoms with Crippen LogP contribution in [0.1, 0.15) is 0 Å². The summed E-state index contributed by atoms with van der Waals surface area (Å²) in [6.07, 6.45) is 0. The third-order valence-corrected chi connectivity index (χ3v) is 0.784. The van der Waals surface area contributed by atoms with Gasteiger partial charge in [0.05, 0.1) is 13.2 Å². The molecule has 0 amide bonds. The van der Waals surface area contributed by atoms with Crippen molar-refractivity contribution in [3.63, 3.8) is 0 Å². The van der Waals surface area contributed by atoms with Crippen LogP contribution in [-0.2, 0) is 14.2 Å². The Balaban J connectivity index is 2.14. The van der Waals surface area contributed by atoms with Crippen molar-refractivity contribution < 1.29 is 14.2 Å². The first kappa shape index (κ1) is 5.03. The SMILES string of the molecule is COC1OCCO1. The minimum absolute atomic E-state index is 0.403. The highest BCUT2D eigenvalue weighted by Gasteiger charge is 2.12. The molecule has 0 bridgehead atoms. The normalized spacial score (nSPS) is 23.6. The van der Waals surface area contributed by atoms with Gasteiger partial charge in [-0.25, -0.2) is 0 Å². The molecule has 0 spiro atoms. The number of hydrogen-bond donors (Lipinski definition) is 0. The molecule has 0 N–H and O–H groups in total. The zero-order chi connectivity index (χ0) is 5.11. The Morgan fingerprint density at radius 1 is 1.43 bits per heavy atom. The average molecular weight is 104 g/mol. The molecule has 7 heavy (non-hydrogen) atoms. The third kappa shape index (κ3) is 1.12. The van der Waals surface area contributed by atoms with E-state index in [1.807, 2.05) is 0 Å². The van der Waals surface area contributed by atoms with Gasteiger partial charge in [0.25, 0.3) is 6.48 Å². The van der Waals surface area contributed by atoms with Gasteiger partial charge in [-0.15, -0.1) is 0 Å². The van der Waals surface area contributed by atoms with E-state index in [1.165, 1.54) is 0 Å². The molecule has 1 aliphatic rings. The van der Waals surface area contributed by atoms with Gasteiger partial charge in [0, 0.05) is 7.11 Å². The Morgan fingerprint density at radius 2 is 2.00 bits per heavy atom. The smallest absolute Gasteiger partial charge is 0.271 e. The summed E-state index contributed by atoms with van der Waals surface area (Å²) in [5.74, 6) is 0. The molecule has 0 aromatic carbocycles. The molecule has 0 atom stereocenters. The van der Waals surface area contributed by atoms with Crippen LogP contribution in [0.3, 0.4) is 0 Å². The predicted octanol–water partition coefficient (Wildman–Crippen LogP) is -0.0368. The Kier molecular flexibility index (Phi) is 1.62. The zero-order valence-corrected chi connectivity index (χ0v) is 4.22. The van der Waals surface area contributed by atoms with Crippen LogP contribution in [0.25, 0.3) is 0 Å². The summed E-state index contributed by atoms with van der Waals surface area (Å²) in [5, 5.41) is 0. The van der Waals surface area contributed by atoms with Gasteiger partial charge in [0.2, 0.25) is 0 Å². The molecule has 1 saturated heterocycles. The van der Waals surface area contributed by atoms with Crippen molar-refractivity contribution in [2.45, 2.75) is 6.48 Å². The zero-order valence-electron chi connectivity index (χ0n) is 4.22. The highest BCUT2D eigenvalue weighted by molar-refractivity contribution is 4.36. The molecule has 1 heterocycles. The van der Waals surface area contributed by atoms with Crippen molar-refractivity contribution in [1.82, 2.24) is 0 Å². The van der Waals surface area contributed by atoms with Gasteiger partial charge in [0.1, 0.15) is 0 Å². The summed E-state index contributed by atoms with van der Waals surface area (Å²) in [5.41, 5.74) is 0. The van der Waals surface area contributed by atoms with Crippen molar-refractivity contribution >= 4 is 0 Å². The molecule has 0 aliphatic carbocycles. The molecule has 3 heteroatoms. The van der Waals surface area contributed by atoms with Crippen LogP contribution in [0.15, 0.2) is 0 Å². The Bertz CT molecular complexity index is 48.9. The quantitative estimate of drug-likeness (QED) is 0.467. The maximum atomic E-state index is 4.86. The summed E-state index contributed by atoms with van der Waals surface area (Å²) in [7, 11) is 1.55. The van der Waals surface area contributed by atoms with E-state index < -0.39 is 6.48 Å². The standard InChI is InChI=1S/C4H8O3/c1-5-4-6-2-3-7-4/h4H,2-3H2,1H3. The van der Waals surface area contributed by atoms with E-state index in [2.05, 4.69) is 4.74 Å². The van der Waals surface area contributed by atoms with Gasteiger partial charge in [-0.2, -0.15) is 0 Å². The molecular weight excluding hydrogens is 96.0 g/mol. The lowest BCUT2D eigenvalue weighted by Crippen LogP contribution is -2.08. The molecule has 0 unspecified atom stereocenters. The first-order chi connectivity index (χ1) is 3.43. The molecular formula is C4H8O3. The van der Waals surface area contributed by atoms with Crippen LogP contribution < -0.4 is 0 Å². The van der Waals surface area contributed by atoms with Crippen molar-refractivity contribution in [3.8, 4) is 0 Å². The van der Waals surface area contributed by atoms with Crippen LogP contribution in [-0.4, -0.2) is 26.8 Å². The fourth-order valence-electron chi connectivity index (χ4n) is 0.473. The average Bonchev–Trinajstić information content (AvgIpc) is 2.14. The topological polar surface area (TPSA) is 27.7 Å². The van der Waals surface area contributed by atoms with Gasteiger partial charge < -0.3 is 14.2 Å². The van der Waals surface area contributed by atoms with Crippen LogP contribution >= 0.6 is 0 Å². The van der Waals surface area contributed by atoms with E-state index >= 15 is 0 Å². The molecule has 0 aromatic heterocycles.